The molecule has 78 valence electrons. The lowest BCUT2D eigenvalue weighted by atomic mass is 10.0. The average Bonchev–Trinajstić information content (AvgIpc) is 2.13. The van der Waals surface area contributed by atoms with Crippen LogP contribution in [0.3, 0.4) is 0 Å². The molecule has 0 heterocycles. The van der Waals surface area contributed by atoms with Crippen LogP contribution in [0.5, 0.6) is 0 Å². The van der Waals surface area contributed by atoms with Gasteiger partial charge in [0.1, 0.15) is 0 Å². The fraction of sp³-hybridized carbons (Fsp3) is 0.833. The maximum Gasteiger partial charge on any atom is 0.0540 e. The third-order valence-corrected chi connectivity index (χ3v) is 2.34. The van der Waals surface area contributed by atoms with E-state index in [0.29, 0.717) is 0 Å². The molecule has 0 aliphatic carbocycles. The average molecular weight is 184 g/mol. The standard InChI is InChI=1S/C12H24O/c1-3-5-7-9-11-12(13)10-8-6-4-2/h4,12-13H,2-3,5-11H2,1H3. The molecule has 0 aromatic rings. The normalized spacial score (nSPS) is 12.8. The fourth-order valence-electron chi connectivity index (χ4n) is 1.45. The molecule has 1 N–H and O–H groups in total. The van der Waals surface area contributed by atoms with Crippen molar-refractivity contribution in [1.29, 1.82) is 0 Å². The minimum absolute atomic E-state index is 0.0724. The van der Waals surface area contributed by atoms with E-state index >= 15 is 0 Å². The zero-order valence-electron chi connectivity index (χ0n) is 8.97. The van der Waals surface area contributed by atoms with Gasteiger partial charge in [0.2, 0.25) is 0 Å². The molecule has 0 saturated carbocycles. The van der Waals surface area contributed by atoms with E-state index in [1.807, 2.05) is 6.08 Å². The molecule has 0 amide bonds. The van der Waals surface area contributed by atoms with Crippen LogP contribution in [0, 0.1) is 0 Å². The molecule has 0 aromatic carbocycles. The molecule has 0 fully saturated rings. The van der Waals surface area contributed by atoms with Crippen molar-refractivity contribution in [3.8, 4) is 0 Å². The highest BCUT2D eigenvalue weighted by Crippen LogP contribution is 2.10. The predicted molar refractivity (Wildman–Crippen MR) is 58.8 cm³/mol. The van der Waals surface area contributed by atoms with Crippen LogP contribution in [0.1, 0.15) is 58.3 Å². The van der Waals surface area contributed by atoms with E-state index in [9.17, 15) is 5.11 Å². The summed E-state index contributed by atoms with van der Waals surface area (Å²) in [6.07, 6.45) is 10.9. The van der Waals surface area contributed by atoms with Gasteiger partial charge in [0.15, 0.2) is 0 Å². The third-order valence-electron chi connectivity index (χ3n) is 2.34. The largest absolute Gasteiger partial charge is 0.393 e. The Balaban J connectivity index is 3.09. The van der Waals surface area contributed by atoms with E-state index in [2.05, 4.69) is 13.5 Å². The monoisotopic (exact) mass is 184 g/mol. The van der Waals surface area contributed by atoms with Crippen LogP contribution >= 0.6 is 0 Å². The van der Waals surface area contributed by atoms with Crippen molar-refractivity contribution in [2.24, 2.45) is 0 Å². The lowest BCUT2D eigenvalue weighted by Gasteiger charge is -2.08. The molecule has 1 atom stereocenters. The first-order chi connectivity index (χ1) is 6.31. The van der Waals surface area contributed by atoms with Gasteiger partial charge in [-0.15, -0.1) is 6.58 Å². The van der Waals surface area contributed by atoms with Crippen molar-refractivity contribution in [3.05, 3.63) is 12.7 Å². The number of aliphatic hydroxyl groups is 1. The second-order valence-electron chi connectivity index (χ2n) is 3.72. The van der Waals surface area contributed by atoms with Gasteiger partial charge < -0.3 is 5.11 Å². The number of hydrogen-bond acceptors (Lipinski definition) is 1. The number of hydrogen-bond donors (Lipinski definition) is 1. The molecule has 0 bridgehead atoms. The number of aliphatic hydroxyl groups excluding tert-OH is 1. The molecule has 1 heteroatoms. The number of allylic oxidation sites excluding steroid dienone is 1. The van der Waals surface area contributed by atoms with E-state index in [0.717, 1.165) is 25.7 Å². The predicted octanol–water partition coefficient (Wildman–Crippen LogP) is 3.67. The molecule has 0 saturated heterocycles. The Bertz CT molecular complexity index is 110. The van der Waals surface area contributed by atoms with Gasteiger partial charge in [0, 0.05) is 0 Å². The SMILES string of the molecule is C=CCCCC(O)CCCCCC. The lowest BCUT2D eigenvalue weighted by molar-refractivity contribution is 0.148. The van der Waals surface area contributed by atoms with Crippen molar-refractivity contribution >= 4 is 0 Å². The zero-order chi connectivity index (χ0) is 9.94. The lowest BCUT2D eigenvalue weighted by Crippen LogP contribution is -2.05. The van der Waals surface area contributed by atoms with E-state index in [-0.39, 0.29) is 6.10 Å². The smallest absolute Gasteiger partial charge is 0.0540 e. The first kappa shape index (κ1) is 12.7. The second-order valence-corrected chi connectivity index (χ2v) is 3.72. The highest BCUT2D eigenvalue weighted by Gasteiger charge is 2.02. The third kappa shape index (κ3) is 9.62. The highest BCUT2D eigenvalue weighted by molar-refractivity contribution is 4.67. The Kier molecular flexibility index (Phi) is 9.56. The van der Waals surface area contributed by atoms with Crippen LogP contribution in [-0.2, 0) is 0 Å². The molecule has 1 nitrogen and oxygen atoms in total. The van der Waals surface area contributed by atoms with Gasteiger partial charge in [-0.1, -0.05) is 38.7 Å². The van der Waals surface area contributed by atoms with Crippen LogP contribution in [0.2, 0.25) is 0 Å². The quantitative estimate of drug-likeness (QED) is 0.428. The van der Waals surface area contributed by atoms with Gasteiger partial charge in [-0.2, -0.15) is 0 Å². The minimum atomic E-state index is -0.0724. The fourth-order valence-corrected chi connectivity index (χ4v) is 1.45. The summed E-state index contributed by atoms with van der Waals surface area (Å²) in [6, 6.07) is 0. The van der Waals surface area contributed by atoms with Gasteiger partial charge in [-0.25, -0.2) is 0 Å². The van der Waals surface area contributed by atoms with Crippen molar-refractivity contribution in [2.45, 2.75) is 64.4 Å². The van der Waals surface area contributed by atoms with Gasteiger partial charge in [-0.3, -0.25) is 0 Å². The summed E-state index contributed by atoms with van der Waals surface area (Å²) in [5, 5.41) is 9.54. The molecule has 0 rings (SSSR count). The molecule has 0 radical (unpaired) electrons. The summed E-state index contributed by atoms with van der Waals surface area (Å²) in [4.78, 5) is 0. The zero-order valence-corrected chi connectivity index (χ0v) is 8.97. The van der Waals surface area contributed by atoms with Gasteiger partial charge >= 0.3 is 0 Å². The van der Waals surface area contributed by atoms with E-state index in [1.165, 1.54) is 25.7 Å². The topological polar surface area (TPSA) is 20.2 Å². The van der Waals surface area contributed by atoms with Gasteiger partial charge in [0.05, 0.1) is 6.10 Å². The van der Waals surface area contributed by atoms with Gasteiger partial charge in [-0.05, 0) is 25.7 Å². The van der Waals surface area contributed by atoms with Crippen LogP contribution < -0.4 is 0 Å². The van der Waals surface area contributed by atoms with Crippen molar-refractivity contribution in [2.75, 3.05) is 0 Å². The Hall–Kier alpha value is -0.300. The molecule has 0 aliphatic rings. The Morgan fingerprint density at radius 2 is 1.85 bits per heavy atom. The highest BCUT2D eigenvalue weighted by atomic mass is 16.3. The Morgan fingerprint density at radius 1 is 1.15 bits per heavy atom. The summed E-state index contributed by atoms with van der Waals surface area (Å²) in [6.45, 7) is 5.87. The summed E-state index contributed by atoms with van der Waals surface area (Å²) in [5.74, 6) is 0. The molecular weight excluding hydrogens is 160 g/mol. The van der Waals surface area contributed by atoms with Crippen molar-refractivity contribution in [1.82, 2.24) is 0 Å². The van der Waals surface area contributed by atoms with E-state index in [1.54, 1.807) is 0 Å². The molecule has 13 heavy (non-hydrogen) atoms. The summed E-state index contributed by atoms with van der Waals surface area (Å²) >= 11 is 0. The van der Waals surface area contributed by atoms with Crippen molar-refractivity contribution < 1.29 is 5.11 Å². The maximum atomic E-state index is 9.54. The summed E-state index contributed by atoms with van der Waals surface area (Å²) < 4.78 is 0. The summed E-state index contributed by atoms with van der Waals surface area (Å²) in [5.41, 5.74) is 0. The Morgan fingerprint density at radius 3 is 2.46 bits per heavy atom. The van der Waals surface area contributed by atoms with Crippen LogP contribution in [0.25, 0.3) is 0 Å². The first-order valence-corrected chi connectivity index (χ1v) is 5.60. The molecule has 1 unspecified atom stereocenters. The summed E-state index contributed by atoms with van der Waals surface area (Å²) in [7, 11) is 0. The number of unbranched alkanes of at least 4 members (excludes halogenated alkanes) is 4. The van der Waals surface area contributed by atoms with Gasteiger partial charge in [0.25, 0.3) is 0 Å². The van der Waals surface area contributed by atoms with Crippen LogP contribution in [-0.4, -0.2) is 11.2 Å². The maximum absolute atomic E-state index is 9.54. The Labute approximate surface area is 82.9 Å². The van der Waals surface area contributed by atoms with E-state index in [4.69, 9.17) is 0 Å². The minimum Gasteiger partial charge on any atom is -0.393 e. The molecule has 0 aliphatic heterocycles. The number of rotatable bonds is 9. The first-order valence-electron chi connectivity index (χ1n) is 5.60. The van der Waals surface area contributed by atoms with Crippen LogP contribution in [0.15, 0.2) is 12.7 Å². The van der Waals surface area contributed by atoms with Crippen molar-refractivity contribution in [3.63, 3.8) is 0 Å². The van der Waals surface area contributed by atoms with Crippen LogP contribution in [0.4, 0.5) is 0 Å². The molecule has 0 aromatic heterocycles. The van der Waals surface area contributed by atoms with E-state index < -0.39 is 0 Å². The molecule has 0 spiro atoms. The second kappa shape index (κ2) is 9.79. The molecular formula is C12H24O.